The minimum atomic E-state index is -0.346. The molecule has 20 heavy (non-hydrogen) atoms. The van der Waals surface area contributed by atoms with Crippen molar-refractivity contribution in [3.05, 3.63) is 50.4 Å². The lowest BCUT2D eigenvalue weighted by Crippen LogP contribution is -2.30. The second-order valence-electron chi connectivity index (χ2n) is 4.56. The fourth-order valence-corrected chi connectivity index (χ4v) is 2.25. The summed E-state index contributed by atoms with van der Waals surface area (Å²) in [6, 6.07) is 5.68. The predicted octanol–water partition coefficient (Wildman–Crippen LogP) is 1.11. The van der Waals surface area contributed by atoms with Crippen LogP contribution in [0.25, 0.3) is 12.2 Å². The van der Waals surface area contributed by atoms with Gasteiger partial charge in [-0.15, -0.1) is 0 Å². The maximum Gasteiger partial charge on any atom is 0.277 e. The molecule has 1 aromatic carbocycles. The Balaban J connectivity index is 2.19. The van der Waals surface area contributed by atoms with Crippen molar-refractivity contribution in [1.29, 1.82) is 0 Å². The maximum atomic E-state index is 12.0. The Labute approximate surface area is 119 Å². The average Bonchev–Trinajstić information content (AvgIpc) is 2.69. The number of nitrogens with zero attached hydrogens (tertiary/aromatic N) is 1. The van der Waals surface area contributed by atoms with E-state index in [0.717, 1.165) is 10.8 Å². The van der Waals surface area contributed by atoms with Gasteiger partial charge in [0, 0.05) is 10.8 Å². The van der Waals surface area contributed by atoms with Crippen molar-refractivity contribution in [3.63, 3.8) is 0 Å². The summed E-state index contributed by atoms with van der Waals surface area (Å²) in [4.78, 5) is 21.3. The van der Waals surface area contributed by atoms with Gasteiger partial charge < -0.3 is 15.1 Å². The Bertz CT molecular complexity index is 919. The molecule has 0 atom stereocenters. The lowest BCUT2D eigenvalue weighted by molar-refractivity contribution is -0.114. The van der Waals surface area contributed by atoms with Gasteiger partial charge in [0.25, 0.3) is 5.91 Å². The van der Waals surface area contributed by atoms with Gasteiger partial charge in [-0.25, -0.2) is 4.99 Å². The van der Waals surface area contributed by atoms with Crippen molar-refractivity contribution in [3.8, 4) is 5.88 Å². The Kier molecular flexibility index (Phi) is 2.87. The smallest absolute Gasteiger partial charge is 0.277 e. The molecule has 0 spiro atoms. The lowest BCUT2D eigenvalue weighted by atomic mass is 10.1. The third-order valence-corrected chi connectivity index (χ3v) is 3.20. The van der Waals surface area contributed by atoms with E-state index in [2.05, 4.69) is 15.0 Å². The number of aryl methyl sites for hydroxylation is 1. The molecule has 1 aliphatic heterocycles. The number of aromatic amines is 2. The molecule has 0 radical (unpaired) electrons. The summed E-state index contributed by atoms with van der Waals surface area (Å²) >= 11 is 4.88. The number of carbonyl (C=O) groups is 1. The van der Waals surface area contributed by atoms with Crippen molar-refractivity contribution < 1.29 is 9.90 Å². The number of imidazole rings is 1. The standard InChI is InChI=1S/C14H11N3O2S/c1-7-2-3-10-8(4-7)5-9(12(18)15-10)6-11-13(19)17-14(20)16-11/h2-6,19H,1H3,(H2,16,17,20)/b9-6+. The minimum absolute atomic E-state index is 0.0984. The Morgan fingerprint density at radius 1 is 1.35 bits per heavy atom. The van der Waals surface area contributed by atoms with Crippen molar-refractivity contribution in [2.45, 2.75) is 6.92 Å². The molecule has 1 amide bonds. The highest BCUT2D eigenvalue weighted by atomic mass is 32.1. The summed E-state index contributed by atoms with van der Waals surface area (Å²) in [7, 11) is 0. The number of aromatic hydroxyl groups is 1. The van der Waals surface area contributed by atoms with Gasteiger partial charge >= 0.3 is 0 Å². The Morgan fingerprint density at radius 3 is 2.85 bits per heavy atom. The van der Waals surface area contributed by atoms with Gasteiger partial charge in [0.15, 0.2) is 4.77 Å². The highest BCUT2D eigenvalue weighted by Gasteiger charge is 2.12. The second-order valence-corrected chi connectivity index (χ2v) is 4.97. The van der Waals surface area contributed by atoms with E-state index in [1.54, 1.807) is 6.08 Å². The van der Waals surface area contributed by atoms with Crippen LogP contribution in [0.5, 0.6) is 5.88 Å². The summed E-state index contributed by atoms with van der Waals surface area (Å²) in [6.07, 6.45) is 3.28. The molecule has 3 N–H and O–H groups in total. The van der Waals surface area contributed by atoms with Crippen LogP contribution in [0.1, 0.15) is 11.3 Å². The van der Waals surface area contributed by atoms with Crippen LogP contribution in [0, 0.1) is 11.7 Å². The van der Waals surface area contributed by atoms with E-state index in [-0.39, 0.29) is 11.8 Å². The van der Waals surface area contributed by atoms with Gasteiger partial charge in [-0.1, -0.05) is 11.6 Å². The van der Waals surface area contributed by atoms with Gasteiger partial charge in [-0.3, -0.25) is 4.79 Å². The molecule has 0 saturated heterocycles. The summed E-state index contributed by atoms with van der Waals surface area (Å²) in [5.74, 6) is -0.444. The van der Waals surface area contributed by atoms with Crippen LogP contribution < -0.4 is 10.6 Å². The number of benzene rings is 1. The SMILES string of the molecule is Cc1ccc2c(c1)=C/C(=C\c1[nH]c(=S)[nH]c1O)C(=O)N=2. The number of rotatable bonds is 1. The number of hydrogen-bond acceptors (Lipinski definition) is 3. The molecule has 5 nitrogen and oxygen atoms in total. The van der Waals surface area contributed by atoms with Crippen LogP contribution in [0.4, 0.5) is 0 Å². The van der Waals surface area contributed by atoms with Crippen molar-refractivity contribution >= 4 is 30.3 Å². The predicted molar refractivity (Wildman–Crippen MR) is 77.1 cm³/mol. The third kappa shape index (κ3) is 2.21. The molecule has 2 heterocycles. The highest BCUT2D eigenvalue weighted by molar-refractivity contribution is 7.71. The van der Waals surface area contributed by atoms with E-state index < -0.39 is 0 Å². The van der Waals surface area contributed by atoms with Crippen molar-refractivity contribution in [2.24, 2.45) is 4.99 Å². The molecular weight excluding hydrogens is 274 g/mol. The second kappa shape index (κ2) is 4.57. The van der Waals surface area contributed by atoms with Gasteiger partial charge in [-0.2, -0.15) is 0 Å². The van der Waals surface area contributed by atoms with Crippen LogP contribution in [-0.4, -0.2) is 21.0 Å². The fraction of sp³-hybridized carbons (Fsp3) is 0.0714. The largest absolute Gasteiger partial charge is 0.493 e. The van der Waals surface area contributed by atoms with Crippen LogP contribution >= 0.6 is 12.2 Å². The number of aromatic nitrogens is 2. The van der Waals surface area contributed by atoms with Crippen LogP contribution in [-0.2, 0) is 4.79 Å². The molecule has 0 fully saturated rings. The lowest BCUT2D eigenvalue weighted by Gasteiger charge is -2.03. The third-order valence-electron chi connectivity index (χ3n) is 3.00. The van der Waals surface area contributed by atoms with Gasteiger partial charge in [0.2, 0.25) is 5.88 Å². The first-order chi connectivity index (χ1) is 9.52. The molecule has 2 aromatic rings. The Hall–Kier alpha value is -2.47. The van der Waals surface area contributed by atoms with Gasteiger partial charge in [-0.05, 0) is 43.4 Å². The van der Waals surface area contributed by atoms with Gasteiger partial charge in [0.1, 0.15) is 5.69 Å². The molecule has 0 saturated carbocycles. The Morgan fingerprint density at radius 2 is 2.15 bits per heavy atom. The fourth-order valence-electron chi connectivity index (χ4n) is 2.05. The first kappa shape index (κ1) is 12.6. The van der Waals surface area contributed by atoms with Crippen LogP contribution in [0.3, 0.4) is 0 Å². The van der Waals surface area contributed by atoms with Crippen LogP contribution in [0.2, 0.25) is 0 Å². The number of H-pyrrole nitrogens is 2. The van der Waals surface area contributed by atoms with E-state index in [0.29, 0.717) is 21.4 Å². The first-order valence-corrected chi connectivity index (χ1v) is 6.38. The van der Waals surface area contributed by atoms with E-state index in [4.69, 9.17) is 12.2 Å². The molecule has 100 valence electrons. The number of hydrogen-bond donors (Lipinski definition) is 3. The number of amides is 1. The zero-order valence-electron chi connectivity index (χ0n) is 10.6. The molecule has 6 heteroatoms. The van der Waals surface area contributed by atoms with E-state index in [1.165, 1.54) is 6.08 Å². The molecule has 0 bridgehead atoms. The quantitative estimate of drug-likeness (QED) is 0.542. The highest BCUT2D eigenvalue weighted by Crippen LogP contribution is 2.17. The average molecular weight is 285 g/mol. The summed E-state index contributed by atoms with van der Waals surface area (Å²) in [5, 5.41) is 11.2. The molecule has 0 unspecified atom stereocenters. The number of carbonyl (C=O) groups excluding carboxylic acids is 1. The van der Waals surface area contributed by atoms with Gasteiger partial charge in [0.05, 0.1) is 5.36 Å². The van der Waals surface area contributed by atoms with E-state index in [9.17, 15) is 9.90 Å². The number of fused-ring (bicyclic) bond motifs is 1. The molecule has 0 aliphatic carbocycles. The molecular formula is C14H11N3O2S. The van der Waals surface area contributed by atoms with E-state index in [1.807, 2.05) is 25.1 Å². The maximum absolute atomic E-state index is 12.0. The normalized spacial score (nSPS) is 15.7. The zero-order chi connectivity index (χ0) is 14.3. The zero-order valence-corrected chi connectivity index (χ0v) is 11.4. The summed E-state index contributed by atoms with van der Waals surface area (Å²) in [5.41, 5.74) is 1.84. The topological polar surface area (TPSA) is 81.2 Å². The van der Waals surface area contributed by atoms with Crippen molar-refractivity contribution in [1.82, 2.24) is 9.97 Å². The number of nitrogens with one attached hydrogen (secondary N) is 2. The van der Waals surface area contributed by atoms with E-state index >= 15 is 0 Å². The minimum Gasteiger partial charge on any atom is -0.493 e. The monoisotopic (exact) mass is 285 g/mol. The first-order valence-electron chi connectivity index (χ1n) is 5.97. The summed E-state index contributed by atoms with van der Waals surface area (Å²) < 4.78 is 0.297. The van der Waals surface area contributed by atoms with Crippen LogP contribution in [0.15, 0.2) is 28.8 Å². The molecule has 1 aromatic heterocycles. The molecule has 1 aliphatic rings. The molecule has 3 rings (SSSR count). The summed E-state index contributed by atoms with van der Waals surface area (Å²) in [6.45, 7) is 1.98. The van der Waals surface area contributed by atoms with Crippen molar-refractivity contribution in [2.75, 3.05) is 0 Å².